The number of hydrogen-bond acceptors (Lipinski definition) is 2. The lowest BCUT2D eigenvalue weighted by atomic mass is 9.33. The van der Waals surface area contributed by atoms with Gasteiger partial charge in [-0.2, -0.15) is 0 Å². The first-order valence-electron chi connectivity index (χ1n) is 47.8. The number of anilines is 6. The van der Waals surface area contributed by atoms with Crippen LogP contribution >= 0.6 is 0 Å². The molecule has 2 aliphatic rings. The second-order valence-corrected chi connectivity index (χ2v) is 36.2. The summed E-state index contributed by atoms with van der Waals surface area (Å²) in [5.74, 6) is 0. The van der Waals surface area contributed by atoms with Crippen molar-refractivity contribution in [3.63, 3.8) is 0 Å². The molecular formula is C110H99BN4. The smallest absolute Gasteiger partial charge is 0.252 e. The lowest BCUT2D eigenvalue weighted by molar-refractivity contribution is 0.568. The number of benzene rings is 15. The third kappa shape index (κ3) is 12.5. The molecule has 17 aromatic rings. The summed E-state index contributed by atoms with van der Waals surface area (Å²) in [6.45, 7) is 33.8. The van der Waals surface area contributed by atoms with Crippen LogP contribution in [-0.2, 0) is 27.1 Å². The maximum atomic E-state index is 9.44. The first-order chi connectivity index (χ1) is 61.8. The number of rotatable bonds is 10. The molecule has 5 heteroatoms. The number of fused-ring (bicyclic) bond motifs is 10. The van der Waals surface area contributed by atoms with Gasteiger partial charge in [-0.3, -0.25) is 0 Å². The maximum Gasteiger partial charge on any atom is 0.252 e. The molecule has 0 N–H and O–H groups in total. The van der Waals surface area contributed by atoms with E-state index in [2.05, 4.69) is 271 Å². The lowest BCUT2D eigenvalue weighted by Crippen LogP contribution is -2.61. The highest BCUT2D eigenvalue weighted by Gasteiger charge is 2.46. The van der Waals surface area contributed by atoms with Crippen LogP contribution < -0.4 is 26.2 Å². The molecule has 0 radical (unpaired) electrons. The highest BCUT2D eigenvalue weighted by molar-refractivity contribution is 7.00. The van der Waals surface area contributed by atoms with Gasteiger partial charge in [0.25, 0.3) is 6.71 Å². The number of aromatic nitrogens is 2. The zero-order valence-corrected chi connectivity index (χ0v) is 67.8. The Balaban J connectivity index is 0.845. The molecule has 0 atom stereocenters. The first-order valence-corrected chi connectivity index (χ1v) is 39.8. The minimum Gasteiger partial charge on any atom is -0.311 e. The Morgan fingerprint density at radius 1 is 0.226 bits per heavy atom. The van der Waals surface area contributed by atoms with Crippen molar-refractivity contribution >= 4 is 101 Å². The minimum absolute atomic E-state index is 0.00381. The van der Waals surface area contributed by atoms with Crippen LogP contribution in [0.15, 0.2) is 327 Å². The van der Waals surface area contributed by atoms with Gasteiger partial charge < -0.3 is 18.9 Å². The summed E-state index contributed by atoms with van der Waals surface area (Å²) in [5.41, 5.74) is 25.8. The Labute approximate surface area is 702 Å². The summed E-state index contributed by atoms with van der Waals surface area (Å²) < 4.78 is 149. The molecule has 562 valence electrons. The van der Waals surface area contributed by atoms with Gasteiger partial charge in [-0.05, 0) is 188 Å². The molecule has 0 fully saturated rings. The van der Waals surface area contributed by atoms with E-state index >= 15 is 0 Å². The Bertz CT molecular complexity index is 7100. The topological polar surface area (TPSA) is 16.3 Å². The highest BCUT2D eigenvalue weighted by atomic mass is 15.2. The largest absolute Gasteiger partial charge is 0.311 e. The fourth-order valence-corrected chi connectivity index (χ4v) is 17.3. The van der Waals surface area contributed by atoms with Crippen molar-refractivity contribution in [2.45, 2.75) is 131 Å². The summed E-state index contributed by atoms with van der Waals surface area (Å²) in [7, 11) is 0. The third-order valence-electron chi connectivity index (χ3n) is 23.6. The Morgan fingerprint density at radius 2 is 0.478 bits per heavy atom. The molecule has 2 aliphatic heterocycles. The van der Waals surface area contributed by atoms with Gasteiger partial charge in [-0.25, -0.2) is 0 Å². The predicted molar refractivity (Wildman–Crippen MR) is 495 cm³/mol. The molecule has 115 heavy (non-hydrogen) atoms. The van der Waals surface area contributed by atoms with Crippen molar-refractivity contribution in [2.24, 2.45) is 0 Å². The van der Waals surface area contributed by atoms with E-state index in [0.29, 0.717) is 22.5 Å². The summed E-state index contributed by atoms with van der Waals surface area (Å²) in [6.07, 6.45) is 0. The molecule has 0 saturated heterocycles. The fourth-order valence-electron chi connectivity index (χ4n) is 17.3. The zero-order chi connectivity index (χ0) is 93.3. The van der Waals surface area contributed by atoms with E-state index in [1.54, 1.807) is 9.13 Å². The van der Waals surface area contributed by atoms with Gasteiger partial charge in [0, 0.05) is 66.5 Å². The average Bonchev–Trinajstić information content (AvgIpc) is 1.58. The van der Waals surface area contributed by atoms with Gasteiger partial charge >= 0.3 is 0 Å². The van der Waals surface area contributed by atoms with Gasteiger partial charge in [0.05, 0.1) is 66.7 Å². The van der Waals surface area contributed by atoms with Crippen molar-refractivity contribution in [1.82, 2.24) is 9.13 Å². The molecule has 19 rings (SSSR count). The number of hydrogen-bond donors (Lipinski definition) is 0. The normalized spacial score (nSPS) is 15.1. The molecule has 4 nitrogen and oxygen atoms in total. The number of para-hydroxylation sites is 8. The molecule has 0 aliphatic carbocycles. The molecule has 2 aromatic heterocycles. The minimum atomic E-state index is -0.508. The van der Waals surface area contributed by atoms with Crippen molar-refractivity contribution in [3.8, 4) is 78.1 Å². The molecule has 4 heterocycles. The maximum absolute atomic E-state index is 9.44. The van der Waals surface area contributed by atoms with E-state index in [1.165, 1.54) is 22.3 Å². The molecule has 15 aromatic carbocycles. The SMILES string of the molecule is [2H]c1c([2H])c([2H])c2c(c1[2H])c1c([2H])c([2H])c([2H])c([2H])c1n2-c1ccccc1-c1ccc(-c2ccccc2N2c3ccc(-c4cc(C(C)(C)C)cc(C(C)(C)C)c4)cc3B3c4cc(-c5cc(C(C)(C)C)cc(C(C)(C)C)c5)ccc4N(c4ccccc4-c4ccc(-c5ccccc5-n5c6c([2H])c([2H])c([2H])c([2H])c6c6c([2H])c([2H])c([2H])c([2H])c65)cc4)c4cc(C(C)(C)C)cc2c43)cc1. The summed E-state index contributed by atoms with van der Waals surface area (Å²) >= 11 is 0. The van der Waals surface area contributed by atoms with Gasteiger partial charge in [0.15, 0.2) is 0 Å². The first kappa shape index (κ1) is 56.7. The van der Waals surface area contributed by atoms with Crippen molar-refractivity contribution in [3.05, 3.63) is 355 Å². The second kappa shape index (κ2) is 27.1. The standard InChI is InChI=1S/C110H99BN4/c1-106(2,3)78-60-76(61-79(66-78)107(4,5)6)74-56-58-101-91(64-74)111-92-65-75(77-62-80(108(7,8)9)67-81(63-77)109(10,11)12)57-59-102(92)115(96-43-27-19-35-86(96)73-54-50-71(51-55-73)84-33-17-25-41-94(84)113-99-46-30-22-38-89(99)90-39-23-31-47-100(90)113)104-69-82(110(13,14)15)68-103(105(104)111)114(101)95-42-26-18-34-85(95)72-52-48-70(49-53-72)83-32-16-24-40-93(83)112-97-44-28-20-36-87(97)88-37-21-29-45-98(88)112/h16-69H,1-15H3/i20D,21D,22D,23D,28D,29D,30D,31D,36D,37D,38D,39D,44D,45D,46D,47D. The van der Waals surface area contributed by atoms with Crippen LogP contribution in [0.4, 0.5) is 34.1 Å². The van der Waals surface area contributed by atoms with E-state index in [4.69, 9.17) is 11.0 Å². The van der Waals surface area contributed by atoms with Gasteiger partial charge in [0.2, 0.25) is 0 Å². The lowest BCUT2D eigenvalue weighted by Gasteiger charge is -2.46. The third-order valence-corrected chi connectivity index (χ3v) is 23.6. The summed E-state index contributed by atoms with van der Waals surface area (Å²) in [4.78, 5) is 4.98. The van der Waals surface area contributed by atoms with E-state index in [1.807, 2.05) is 72.8 Å². The van der Waals surface area contributed by atoms with Crippen LogP contribution in [0.2, 0.25) is 0 Å². The zero-order valence-electron chi connectivity index (χ0n) is 83.8. The predicted octanol–water partition coefficient (Wildman–Crippen LogP) is 28.5. The van der Waals surface area contributed by atoms with Gasteiger partial charge in [0.1, 0.15) is 0 Å². The van der Waals surface area contributed by atoms with E-state index in [0.717, 1.165) is 112 Å². The van der Waals surface area contributed by atoms with Gasteiger partial charge in [-0.1, -0.05) is 358 Å². The van der Waals surface area contributed by atoms with E-state index in [-0.39, 0.29) is 89.4 Å². The van der Waals surface area contributed by atoms with Crippen LogP contribution in [0.5, 0.6) is 0 Å². The van der Waals surface area contributed by atoms with Crippen molar-refractivity contribution < 1.29 is 21.9 Å². The molecule has 0 saturated carbocycles. The monoisotopic (exact) mass is 1500 g/mol. The van der Waals surface area contributed by atoms with Crippen molar-refractivity contribution in [2.75, 3.05) is 9.80 Å². The Kier molecular flexibility index (Phi) is 13.4. The van der Waals surface area contributed by atoms with Crippen LogP contribution in [0.25, 0.3) is 122 Å². The molecular weight excluding hydrogens is 1390 g/mol. The highest BCUT2D eigenvalue weighted by Crippen LogP contribution is 2.52. The Hall–Kier alpha value is -12.4. The fraction of sp³-hybridized carbons (Fsp3) is 0.182. The number of nitrogens with zero attached hydrogens (tertiary/aromatic N) is 4. The van der Waals surface area contributed by atoms with Gasteiger partial charge in [-0.15, -0.1) is 0 Å². The van der Waals surface area contributed by atoms with Crippen LogP contribution in [0, 0.1) is 0 Å². The Morgan fingerprint density at radius 3 is 0.774 bits per heavy atom. The molecule has 0 spiro atoms. The molecule has 0 amide bonds. The summed E-state index contributed by atoms with van der Waals surface area (Å²) in [5, 5.41) is 0.0152. The average molecular weight is 1500 g/mol. The van der Waals surface area contributed by atoms with Crippen LogP contribution in [0.1, 0.15) is 154 Å². The second-order valence-electron chi connectivity index (χ2n) is 36.2. The quantitative estimate of drug-likeness (QED) is 0.127. The van der Waals surface area contributed by atoms with Crippen LogP contribution in [-0.4, -0.2) is 15.8 Å². The van der Waals surface area contributed by atoms with E-state index in [9.17, 15) is 11.0 Å². The molecule has 0 unspecified atom stereocenters. The summed E-state index contributed by atoms with van der Waals surface area (Å²) in [6, 6.07) is 74.9. The van der Waals surface area contributed by atoms with Crippen LogP contribution in [0.3, 0.4) is 0 Å². The van der Waals surface area contributed by atoms with Crippen molar-refractivity contribution in [1.29, 1.82) is 0 Å². The molecule has 0 bridgehead atoms. The van der Waals surface area contributed by atoms with E-state index < -0.39 is 84.6 Å².